The van der Waals surface area contributed by atoms with E-state index < -0.39 is 0 Å². The largest absolute Gasteiger partial charge is 0.383 e. The minimum atomic E-state index is -0.241. The van der Waals surface area contributed by atoms with E-state index in [0.717, 1.165) is 16.8 Å². The highest BCUT2D eigenvalue weighted by Crippen LogP contribution is 2.19. The van der Waals surface area contributed by atoms with Crippen LogP contribution < -0.4 is 11.1 Å². The van der Waals surface area contributed by atoms with Gasteiger partial charge in [0.1, 0.15) is 5.82 Å². The third-order valence-electron chi connectivity index (χ3n) is 2.94. The molecule has 0 aliphatic heterocycles. The zero-order valence-electron chi connectivity index (χ0n) is 10.4. The summed E-state index contributed by atoms with van der Waals surface area (Å²) in [5.41, 5.74) is 9.03. The summed E-state index contributed by atoms with van der Waals surface area (Å²) in [6, 6.07) is 9.12. The van der Waals surface area contributed by atoms with Crippen LogP contribution in [-0.4, -0.2) is 10.9 Å². The van der Waals surface area contributed by atoms with Gasteiger partial charge in [0.2, 0.25) is 0 Å². The number of nitrogen functional groups attached to an aromatic ring is 1. The molecule has 92 valence electrons. The number of nitrogens with zero attached hydrogens (tertiary/aromatic N) is 1. The smallest absolute Gasteiger partial charge is 0.259 e. The van der Waals surface area contributed by atoms with Crippen molar-refractivity contribution in [1.29, 1.82) is 0 Å². The van der Waals surface area contributed by atoms with Crippen LogP contribution in [0.5, 0.6) is 0 Å². The van der Waals surface area contributed by atoms with Crippen molar-refractivity contribution in [3.63, 3.8) is 0 Å². The van der Waals surface area contributed by atoms with Crippen molar-refractivity contribution in [3.8, 4) is 0 Å². The fourth-order valence-electron chi connectivity index (χ4n) is 1.69. The highest BCUT2D eigenvalue weighted by molar-refractivity contribution is 6.07. The van der Waals surface area contributed by atoms with Gasteiger partial charge in [0.25, 0.3) is 5.91 Å². The van der Waals surface area contributed by atoms with Gasteiger partial charge in [-0.05, 0) is 43.2 Å². The topological polar surface area (TPSA) is 68.0 Å². The van der Waals surface area contributed by atoms with E-state index in [4.69, 9.17) is 5.73 Å². The van der Waals surface area contributed by atoms with Gasteiger partial charge < -0.3 is 11.1 Å². The van der Waals surface area contributed by atoms with Gasteiger partial charge in [-0.15, -0.1) is 0 Å². The average molecular weight is 241 g/mol. The van der Waals surface area contributed by atoms with Crippen LogP contribution in [0.15, 0.2) is 36.5 Å². The van der Waals surface area contributed by atoms with Crippen molar-refractivity contribution in [2.75, 3.05) is 11.1 Å². The Morgan fingerprint density at radius 2 is 2.00 bits per heavy atom. The number of anilines is 2. The minimum Gasteiger partial charge on any atom is -0.383 e. The van der Waals surface area contributed by atoms with Crippen molar-refractivity contribution in [2.45, 2.75) is 13.8 Å². The molecule has 1 amide bonds. The van der Waals surface area contributed by atoms with Crippen LogP contribution in [0.4, 0.5) is 11.5 Å². The van der Waals surface area contributed by atoms with Gasteiger partial charge in [-0.3, -0.25) is 4.79 Å². The van der Waals surface area contributed by atoms with E-state index in [0.29, 0.717) is 5.56 Å². The summed E-state index contributed by atoms with van der Waals surface area (Å²) in [5, 5.41) is 2.85. The predicted molar refractivity (Wildman–Crippen MR) is 72.5 cm³/mol. The molecule has 0 aliphatic rings. The maximum Gasteiger partial charge on any atom is 0.259 e. The molecule has 1 aromatic heterocycles. The molecule has 0 fully saturated rings. The molecule has 0 unspecified atom stereocenters. The molecule has 0 saturated heterocycles. The molecule has 4 heteroatoms. The molecule has 1 heterocycles. The number of carbonyl (C=O) groups excluding carboxylic acids is 1. The maximum atomic E-state index is 12.1. The first-order valence-electron chi connectivity index (χ1n) is 5.67. The van der Waals surface area contributed by atoms with E-state index in [1.54, 1.807) is 18.3 Å². The highest BCUT2D eigenvalue weighted by atomic mass is 16.1. The molecule has 0 bridgehead atoms. The molecule has 2 aromatic rings. The molecule has 0 spiro atoms. The van der Waals surface area contributed by atoms with Crippen LogP contribution in [0.25, 0.3) is 0 Å². The highest BCUT2D eigenvalue weighted by Gasteiger charge is 2.11. The number of nitrogens with one attached hydrogen (secondary N) is 1. The lowest BCUT2D eigenvalue weighted by atomic mass is 10.1. The Bertz CT molecular complexity index is 593. The van der Waals surface area contributed by atoms with Gasteiger partial charge in [-0.25, -0.2) is 4.98 Å². The van der Waals surface area contributed by atoms with Gasteiger partial charge in [0.15, 0.2) is 0 Å². The molecule has 18 heavy (non-hydrogen) atoms. The number of amides is 1. The van der Waals surface area contributed by atoms with Crippen LogP contribution in [0.3, 0.4) is 0 Å². The fourth-order valence-corrected chi connectivity index (χ4v) is 1.69. The van der Waals surface area contributed by atoms with Crippen molar-refractivity contribution < 1.29 is 4.79 Å². The Morgan fingerprint density at radius 1 is 1.22 bits per heavy atom. The Labute approximate surface area is 106 Å². The van der Waals surface area contributed by atoms with Gasteiger partial charge in [-0.1, -0.05) is 12.1 Å². The lowest BCUT2D eigenvalue weighted by Crippen LogP contribution is -2.15. The molecule has 2 rings (SSSR count). The first-order valence-corrected chi connectivity index (χ1v) is 5.67. The monoisotopic (exact) mass is 241 g/mol. The quantitative estimate of drug-likeness (QED) is 0.849. The second kappa shape index (κ2) is 4.87. The van der Waals surface area contributed by atoms with Crippen molar-refractivity contribution in [1.82, 2.24) is 4.98 Å². The summed E-state index contributed by atoms with van der Waals surface area (Å²) in [4.78, 5) is 16.0. The minimum absolute atomic E-state index is 0.236. The number of carbonyl (C=O) groups is 1. The Kier molecular flexibility index (Phi) is 3.28. The molecule has 1 aromatic carbocycles. The number of hydrogen-bond donors (Lipinski definition) is 2. The van der Waals surface area contributed by atoms with Crippen LogP contribution in [0.2, 0.25) is 0 Å². The van der Waals surface area contributed by atoms with E-state index in [1.807, 2.05) is 32.0 Å². The second-order valence-electron chi connectivity index (χ2n) is 4.14. The van der Waals surface area contributed by atoms with Crippen LogP contribution >= 0.6 is 0 Å². The number of nitrogens with two attached hydrogens (primary N) is 1. The van der Waals surface area contributed by atoms with Gasteiger partial charge in [-0.2, -0.15) is 0 Å². The number of pyridine rings is 1. The first-order chi connectivity index (χ1) is 8.59. The SMILES string of the molecule is Cc1cccc(NC(=O)c2cccnc2N)c1C. The molecule has 3 N–H and O–H groups in total. The molecular formula is C14H15N3O. The Morgan fingerprint density at radius 3 is 2.72 bits per heavy atom. The summed E-state index contributed by atoms with van der Waals surface area (Å²) in [6.45, 7) is 3.97. The van der Waals surface area contributed by atoms with E-state index >= 15 is 0 Å². The van der Waals surface area contributed by atoms with Gasteiger partial charge in [0, 0.05) is 11.9 Å². The van der Waals surface area contributed by atoms with Gasteiger partial charge >= 0.3 is 0 Å². The predicted octanol–water partition coefficient (Wildman–Crippen LogP) is 2.53. The molecule has 4 nitrogen and oxygen atoms in total. The number of benzene rings is 1. The van der Waals surface area contributed by atoms with E-state index in [2.05, 4.69) is 10.3 Å². The van der Waals surface area contributed by atoms with E-state index in [9.17, 15) is 4.79 Å². The number of hydrogen-bond acceptors (Lipinski definition) is 3. The summed E-state index contributed by atoms with van der Waals surface area (Å²) >= 11 is 0. The molecule has 0 radical (unpaired) electrons. The Balaban J connectivity index is 2.27. The first kappa shape index (κ1) is 12.1. The van der Waals surface area contributed by atoms with Crippen LogP contribution in [0, 0.1) is 13.8 Å². The molecule has 0 saturated carbocycles. The van der Waals surface area contributed by atoms with Crippen molar-refractivity contribution in [3.05, 3.63) is 53.2 Å². The standard InChI is InChI=1S/C14H15N3O/c1-9-5-3-7-12(10(9)2)17-14(18)11-6-4-8-16-13(11)15/h3-8H,1-2H3,(H2,15,16)(H,17,18). The average Bonchev–Trinajstić information content (AvgIpc) is 2.35. The lowest BCUT2D eigenvalue weighted by molar-refractivity contribution is 0.102. The zero-order valence-corrected chi connectivity index (χ0v) is 10.4. The third kappa shape index (κ3) is 2.32. The summed E-state index contributed by atoms with van der Waals surface area (Å²) in [6.07, 6.45) is 1.56. The van der Waals surface area contributed by atoms with Crippen molar-refractivity contribution in [2.24, 2.45) is 0 Å². The van der Waals surface area contributed by atoms with Crippen molar-refractivity contribution >= 4 is 17.4 Å². The van der Waals surface area contributed by atoms with E-state index in [-0.39, 0.29) is 11.7 Å². The van der Waals surface area contributed by atoms with Crippen LogP contribution in [0.1, 0.15) is 21.5 Å². The third-order valence-corrected chi connectivity index (χ3v) is 2.94. The fraction of sp³-hybridized carbons (Fsp3) is 0.143. The summed E-state index contributed by atoms with van der Waals surface area (Å²) in [7, 11) is 0. The normalized spacial score (nSPS) is 10.1. The maximum absolute atomic E-state index is 12.1. The summed E-state index contributed by atoms with van der Waals surface area (Å²) < 4.78 is 0. The molecule has 0 aliphatic carbocycles. The second-order valence-corrected chi connectivity index (χ2v) is 4.14. The molecule has 0 atom stereocenters. The number of aromatic nitrogens is 1. The van der Waals surface area contributed by atoms with E-state index in [1.165, 1.54) is 0 Å². The van der Waals surface area contributed by atoms with Crippen LogP contribution in [-0.2, 0) is 0 Å². The lowest BCUT2D eigenvalue weighted by Gasteiger charge is -2.10. The molecular weight excluding hydrogens is 226 g/mol. The number of rotatable bonds is 2. The summed E-state index contributed by atoms with van der Waals surface area (Å²) in [5.74, 6) is -0.00499. The number of aryl methyl sites for hydroxylation is 1. The van der Waals surface area contributed by atoms with Gasteiger partial charge in [0.05, 0.1) is 5.56 Å². The Hall–Kier alpha value is -2.36. The zero-order chi connectivity index (χ0) is 13.1.